The van der Waals surface area contributed by atoms with E-state index in [0.717, 1.165) is 39.8 Å². The second kappa shape index (κ2) is 14.4. The van der Waals surface area contributed by atoms with Crippen molar-refractivity contribution in [1.29, 1.82) is 0 Å². The van der Waals surface area contributed by atoms with Gasteiger partial charge in [0.1, 0.15) is 0 Å². The number of halogens is 5. The van der Waals surface area contributed by atoms with Gasteiger partial charge in [-0.1, -0.05) is 47.4 Å². The van der Waals surface area contributed by atoms with Crippen LogP contribution in [-0.4, -0.2) is 62.6 Å². The summed E-state index contributed by atoms with van der Waals surface area (Å²) in [5.74, 6) is -0.530. The van der Waals surface area contributed by atoms with Gasteiger partial charge in [-0.2, -0.15) is 23.5 Å². The van der Waals surface area contributed by atoms with E-state index >= 15 is 0 Å². The van der Waals surface area contributed by atoms with Crippen LogP contribution in [0.1, 0.15) is 52.9 Å². The number of alkyl halides is 3. The highest BCUT2D eigenvalue weighted by Gasteiger charge is 2.31. The maximum absolute atomic E-state index is 13.2. The van der Waals surface area contributed by atoms with E-state index in [2.05, 4.69) is 25.9 Å². The molecule has 0 fully saturated rings. The maximum Gasteiger partial charge on any atom is 0.416 e. The number of sulfonamides is 1. The van der Waals surface area contributed by atoms with E-state index in [1.807, 2.05) is 17.7 Å². The van der Waals surface area contributed by atoms with Crippen molar-refractivity contribution < 1.29 is 26.4 Å². The number of rotatable bonds is 12. The lowest BCUT2D eigenvalue weighted by atomic mass is 9.97. The number of hydrogen-bond donors (Lipinski definition) is 2. The van der Waals surface area contributed by atoms with Gasteiger partial charge in [0.15, 0.2) is 0 Å². The number of nitrogens with one attached hydrogen (secondary N) is 2. The molecule has 0 radical (unpaired) electrons. The number of aromatic nitrogens is 6. The van der Waals surface area contributed by atoms with Crippen LogP contribution in [0.15, 0.2) is 77.7 Å². The lowest BCUT2D eigenvalue weighted by molar-refractivity contribution is -0.137. The summed E-state index contributed by atoms with van der Waals surface area (Å²) in [4.78, 5) is 12.3. The Labute approximate surface area is 284 Å². The van der Waals surface area contributed by atoms with Crippen LogP contribution in [0.4, 0.5) is 19.1 Å². The highest BCUT2D eigenvalue weighted by molar-refractivity contribution is 7.89. The zero-order chi connectivity index (χ0) is 34.6. The monoisotopic (exact) mass is 720 g/mol. The SMILES string of the molecule is CCC(CCN(C)S(=O)(=O)c1ccc(C(F)(F)F)cc1)c1cc(-c2cc(Cl)cc(Cl)c2)nn1Cc1ccc(C(=O)Nc2nn[nH]n2)cc1. The summed E-state index contributed by atoms with van der Waals surface area (Å²) >= 11 is 12.6. The van der Waals surface area contributed by atoms with E-state index < -0.39 is 27.7 Å². The largest absolute Gasteiger partial charge is 0.416 e. The first-order valence-electron chi connectivity index (χ1n) is 14.6. The zero-order valence-corrected chi connectivity index (χ0v) is 27.9. The van der Waals surface area contributed by atoms with Gasteiger partial charge in [0, 0.05) is 46.4 Å². The minimum Gasteiger partial charge on any atom is -0.288 e. The smallest absolute Gasteiger partial charge is 0.288 e. The van der Waals surface area contributed by atoms with Gasteiger partial charge in [0.05, 0.1) is 22.7 Å². The van der Waals surface area contributed by atoms with Crippen LogP contribution >= 0.6 is 23.2 Å². The van der Waals surface area contributed by atoms with Crippen molar-refractivity contribution in [1.82, 2.24) is 34.7 Å². The van der Waals surface area contributed by atoms with Crippen molar-refractivity contribution in [2.45, 2.75) is 43.3 Å². The van der Waals surface area contributed by atoms with Gasteiger partial charge in [-0.15, -0.1) is 5.10 Å². The van der Waals surface area contributed by atoms with Crippen molar-refractivity contribution in [2.24, 2.45) is 0 Å². The van der Waals surface area contributed by atoms with E-state index in [9.17, 15) is 26.4 Å². The number of benzene rings is 3. The first-order valence-corrected chi connectivity index (χ1v) is 16.8. The molecule has 252 valence electrons. The summed E-state index contributed by atoms with van der Waals surface area (Å²) < 4.78 is 68.4. The van der Waals surface area contributed by atoms with Crippen LogP contribution in [0.5, 0.6) is 0 Å². The summed E-state index contributed by atoms with van der Waals surface area (Å²) in [5, 5.41) is 21.4. The number of tetrazole rings is 1. The number of aromatic amines is 1. The van der Waals surface area contributed by atoms with E-state index in [-0.39, 0.29) is 23.3 Å². The minimum absolute atomic E-state index is 0.0438. The topological polar surface area (TPSA) is 139 Å². The Balaban J connectivity index is 1.38. The molecule has 0 saturated heterocycles. The van der Waals surface area contributed by atoms with Crippen molar-refractivity contribution in [3.8, 4) is 11.3 Å². The molecule has 0 aliphatic carbocycles. The van der Waals surface area contributed by atoms with Crippen molar-refractivity contribution in [2.75, 3.05) is 18.9 Å². The summed E-state index contributed by atoms with van der Waals surface area (Å²) in [6, 6.07) is 17.3. The van der Waals surface area contributed by atoms with Gasteiger partial charge in [-0.25, -0.2) is 12.7 Å². The second-order valence-corrected chi connectivity index (χ2v) is 13.8. The third-order valence-corrected chi connectivity index (χ3v) is 9.99. The highest BCUT2D eigenvalue weighted by atomic mass is 35.5. The van der Waals surface area contributed by atoms with Gasteiger partial charge in [0.2, 0.25) is 10.0 Å². The summed E-state index contributed by atoms with van der Waals surface area (Å²) in [6.45, 7) is 2.39. The third kappa shape index (κ3) is 8.21. The average Bonchev–Trinajstić information content (AvgIpc) is 3.71. The molecule has 2 N–H and O–H groups in total. The van der Waals surface area contributed by atoms with Gasteiger partial charge in [-0.05, 0) is 84.3 Å². The number of anilines is 1. The maximum atomic E-state index is 13.2. The van der Waals surface area contributed by atoms with Crippen LogP contribution in [0.2, 0.25) is 10.0 Å². The zero-order valence-electron chi connectivity index (χ0n) is 25.5. The molecule has 3 aromatic carbocycles. The van der Waals surface area contributed by atoms with Crippen molar-refractivity contribution in [3.63, 3.8) is 0 Å². The Morgan fingerprint density at radius 1 is 1.02 bits per heavy atom. The highest BCUT2D eigenvalue weighted by Crippen LogP contribution is 2.33. The number of amides is 1. The molecular formula is C31H29Cl2F3N8O3S. The number of nitrogens with zero attached hydrogens (tertiary/aromatic N) is 6. The van der Waals surface area contributed by atoms with Crippen molar-refractivity contribution in [3.05, 3.63) is 105 Å². The molecule has 1 amide bonds. The Kier molecular flexibility index (Phi) is 10.5. The fraction of sp³-hybridized carbons (Fsp3) is 0.258. The molecule has 0 aliphatic heterocycles. The van der Waals surface area contributed by atoms with E-state index in [4.69, 9.17) is 28.3 Å². The van der Waals surface area contributed by atoms with Crippen LogP contribution in [-0.2, 0) is 22.7 Å². The van der Waals surface area contributed by atoms with Crippen LogP contribution < -0.4 is 5.32 Å². The first kappa shape index (κ1) is 35.0. The van der Waals surface area contributed by atoms with Crippen molar-refractivity contribution >= 4 is 45.1 Å². The predicted octanol–water partition coefficient (Wildman–Crippen LogP) is 6.89. The summed E-state index contributed by atoms with van der Waals surface area (Å²) in [6.07, 6.45) is -3.55. The molecule has 1 unspecified atom stereocenters. The summed E-state index contributed by atoms with van der Waals surface area (Å²) in [5.41, 5.74) is 2.41. The number of H-pyrrole nitrogens is 1. The molecule has 17 heteroatoms. The number of carbonyl (C=O) groups is 1. The molecular weight excluding hydrogens is 692 g/mol. The van der Waals surface area contributed by atoms with Crippen LogP contribution in [0, 0.1) is 0 Å². The Bertz CT molecular complexity index is 1970. The molecule has 2 aromatic heterocycles. The molecule has 48 heavy (non-hydrogen) atoms. The molecule has 0 aliphatic rings. The Morgan fingerprint density at radius 3 is 2.27 bits per heavy atom. The standard InChI is InChI=1S/C31H29Cl2F3N8O3S/c1-3-20(12-13-43(2)48(46,47)26-10-8-23(9-11-26)31(34,35)36)28-17-27(22-14-24(32)16-25(33)15-22)40-44(28)18-19-4-6-21(7-5-19)29(45)37-30-38-41-42-39-30/h4-11,14-17,20H,3,12-13,18H2,1-2H3,(H2,37,38,39,41,42,45). The number of carbonyl (C=O) groups excluding carboxylic acids is 1. The van der Waals surface area contributed by atoms with E-state index in [1.54, 1.807) is 42.5 Å². The molecule has 0 spiro atoms. The molecule has 1 atom stereocenters. The number of hydrogen-bond acceptors (Lipinski definition) is 7. The van der Waals surface area contributed by atoms with Gasteiger partial charge >= 0.3 is 6.18 Å². The lowest BCUT2D eigenvalue weighted by Gasteiger charge is -2.22. The minimum atomic E-state index is -4.58. The van der Waals surface area contributed by atoms with Crippen LogP contribution in [0.3, 0.4) is 0 Å². The average molecular weight is 722 g/mol. The molecule has 5 aromatic rings. The fourth-order valence-electron chi connectivity index (χ4n) is 5.07. The predicted molar refractivity (Wildman–Crippen MR) is 174 cm³/mol. The quantitative estimate of drug-likeness (QED) is 0.143. The lowest BCUT2D eigenvalue weighted by Crippen LogP contribution is -2.29. The second-order valence-electron chi connectivity index (χ2n) is 10.9. The fourth-order valence-corrected chi connectivity index (χ4v) is 6.78. The Morgan fingerprint density at radius 2 is 1.69 bits per heavy atom. The van der Waals surface area contributed by atoms with Gasteiger partial charge in [-0.3, -0.25) is 14.8 Å². The van der Waals surface area contributed by atoms with E-state index in [0.29, 0.717) is 46.3 Å². The van der Waals surface area contributed by atoms with Crippen LogP contribution in [0.25, 0.3) is 11.3 Å². The first-order chi connectivity index (χ1) is 22.7. The molecule has 2 heterocycles. The third-order valence-electron chi connectivity index (χ3n) is 7.68. The molecule has 0 saturated carbocycles. The van der Waals surface area contributed by atoms with Gasteiger partial charge in [0.25, 0.3) is 11.9 Å². The Hall–Kier alpha value is -4.31. The van der Waals surface area contributed by atoms with E-state index in [1.165, 1.54) is 7.05 Å². The summed E-state index contributed by atoms with van der Waals surface area (Å²) in [7, 11) is -2.66. The van der Waals surface area contributed by atoms with Gasteiger partial charge < -0.3 is 0 Å². The normalized spacial score (nSPS) is 12.8. The molecule has 0 bridgehead atoms. The molecule has 5 rings (SSSR count). The molecule has 11 nitrogen and oxygen atoms in total.